The summed E-state index contributed by atoms with van der Waals surface area (Å²) in [6.45, 7) is 0.899. The van der Waals surface area contributed by atoms with Crippen molar-refractivity contribution in [3.63, 3.8) is 0 Å². The summed E-state index contributed by atoms with van der Waals surface area (Å²) in [6.07, 6.45) is 3.47. The number of amides is 1. The maximum absolute atomic E-state index is 12.8. The van der Waals surface area contributed by atoms with E-state index in [1.54, 1.807) is 17.3 Å². The summed E-state index contributed by atoms with van der Waals surface area (Å²) in [5.74, 6) is -0.0260. The fraction of sp³-hybridized carbons (Fsp3) is 0.105. The van der Waals surface area contributed by atoms with Gasteiger partial charge in [-0.1, -0.05) is 30.3 Å². The highest BCUT2D eigenvalue weighted by atomic mass is 16.2. The minimum absolute atomic E-state index is 0.0260. The Labute approximate surface area is 135 Å². The Morgan fingerprint density at radius 1 is 0.739 bits per heavy atom. The molecule has 0 fully saturated rings. The lowest BCUT2D eigenvalue weighted by Gasteiger charge is -2.22. The molecule has 1 aromatic carbocycles. The molecular weight excluding hydrogens is 286 g/mol. The lowest BCUT2D eigenvalue weighted by Crippen LogP contribution is -2.30. The van der Waals surface area contributed by atoms with E-state index in [-0.39, 0.29) is 5.91 Å². The van der Waals surface area contributed by atoms with Crippen molar-refractivity contribution in [1.82, 2.24) is 14.9 Å². The Kier molecular flexibility index (Phi) is 4.74. The predicted molar refractivity (Wildman–Crippen MR) is 88.5 cm³/mol. The molecule has 0 N–H and O–H groups in total. The van der Waals surface area contributed by atoms with Crippen LogP contribution in [0.5, 0.6) is 0 Å². The molecule has 1 amide bonds. The molecule has 0 bridgehead atoms. The maximum atomic E-state index is 12.8. The van der Waals surface area contributed by atoms with E-state index in [9.17, 15) is 4.79 Å². The van der Waals surface area contributed by atoms with Crippen LogP contribution in [0.4, 0.5) is 0 Å². The molecule has 114 valence electrons. The van der Waals surface area contributed by atoms with Crippen LogP contribution in [0.25, 0.3) is 0 Å². The van der Waals surface area contributed by atoms with Crippen molar-refractivity contribution >= 4 is 5.91 Å². The second kappa shape index (κ2) is 7.31. The summed E-state index contributed by atoms with van der Waals surface area (Å²) in [7, 11) is 0. The zero-order valence-corrected chi connectivity index (χ0v) is 12.7. The summed E-state index contributed by atoms with van der Waals surface area (Å²) >= 11 is 0. The number of hydrogen-bond acceptors (Lipinski definition) is 3. The smallest absolute Gasteiger partial charge is 0.254 e. The second-order valence-corrected chi connectivity index (χ2v) is 5.17. The standard InChI is InChI=1S/C19H17N3O/c23-19(16-8-2-1-3-9-16)22(14-17-10-4-6-12-20-17)15-18-11-5-7-13-21-18/h1-13H,14-15H2. The van der Waals surface area contributed by atoms with Gasteiger partial charge in [-0.3, -0.25) is 14.8 Å². The van der Waals surface area contributed by atoms with Gasteiger partial charge in [0, 0.05) is 18.0 Å². The quantitative estimate of drug-likeness (QED) is 0.726. The number of pyridine rings is 2. The third-order valence-corrected chi connectivity index (χ3v) is 3.47. The molecule has 4 nitrogen and oxygen atoms in total. The highest BCUT2D eigenvalue weighted by Crippen LogP contribution is 2.12. The van der Waals surface area contributed by atoms with Crippen LogP contribution >= 0.6 is 0 Å². The van der Waals surface area contributed by atoms with Crippen molar-refractivity contribution in [3.05, 3.63) is 96.1 Å². The van der Waals surface area contributed by atoms with Gasteiger partial charge >= 0.3 is 0 Å². The predicted octanol–water partition coefficient (Wildman–Crippen LogP) is 3.32. The Balaban J connectivity index is 1.85. The molecule has 3 rings (SSSR count). The van der Waals surface area contributed by atoms with Crippen molar-refractivity contribution in [2.45, 2.75) is 13.1 Å². The molecule has 0 aliphatic heterocycles. The van der Waals surface area contributed by atoms with Gasteiger partial charge in [0.2, 0.25) is 0 Å². The first-order valence-electron chi connectivity index (χ1n) is 7.47. The van der Waals surface area contributed by atoms with Crippen LogP contribution in [0.2, 0.25) is 0 Å². The van der Waals surface area contributed by atoms with E-state index in [1.807, 2.05) is 66.7 Å². The van der Waals surface area contributed by atoms with Crippen LogP contribution < -0.4 is 0 Å². The largest absolute Gasteiger partial charge is 0.327 e. The summed E-state index contributed by atoms with van der Waals surface area (Å²) in [6, 6.07) is 20.7. The fourth-order valence-corrected chi connectivity index (χ4v) is 2.34. The van der Waals surface area contributed by atoms with E-state index in [0.717, 1.165) is 11.4 Å². The van der Waals surface area contributed by atoms with E-state index >= 15 is 0 Å². The molecule has 3 aromatic rings. The van der Waals surface area contributed by atoms with Crippen molar-refractivity contribution in [2.24, 2.45) is 0 Å². The molecule has 0 atom stereocenters. The first kappa shape index (κ1) is 14.9. The highest BCUT2D eigenvalue weighted by Gasteiger charge is 2.17. The van der Waals surface area contributed by atoms with Gasteiger partial charge in [0.1, 0.15) is 0 Å². The van der Waals surface area contributed by atoms with Crippen molar-refractivity contribution in [2.75, 3.05) is 0 Å². The third kappa shape index (κ3) is 4.01. The summed E-state index contributed by atoms with van der Waals surface area (Å²) in [4.78, 5) is 23.2. The minimum atomic E-state index is -0.0260. The molecule has 2 aromatic heterocycles. The van der Waals surface area contributed by atoms with E-state index in [4.69, 9.17) is 0 Å². The van der Waals surface area contributed by atoms with Gasteiger partial charge in [-0.2, -0.15) is 0 Å². The number of benzene rings is 1. The number of aromatic nitrogens is 2. The first-order chi connectivity index (χ1) is 11.3. The van der Waals surface area contributed by atoms with Gasteiger partial charge in [0.25, 0.3) is 5.91 Å². The van der Waals surface area contributed by atoms with Crippen LogP contribution in [0.15, 0.2) is 79.1 Å². The van der Waals surface area contributed by atoms with E-state index in [1.165, 1.54) is 0 Å². The normalized spacial score (nSPS) is 10.3. The van der Waals surface area contributed by atoms with Gasteiger partial charge in [-0.15, -0.1) is 0 Å². The summed E-state index contributed by atoms with van der Waals surface area (Å²) in [5, 5.41) is 0. The Bertz CT molecular complexity index is 704. The third-order valence-electron chi connectivity index (χ3n) is 3.47. The van der Waals surface area contributed by atoms with Gasteiger partial charge < -0.3 is 4.90 Å². The van der Waals surface area contributed by atoms with Gasteiger partial charge in [0.15, 0.2) is 0 Å². The maximum Gasteiger partial charge on any atom is 0.254 e. The monoisotopic (exact) mass is 303 g/mol. The second-order valence-electron chi connectivity index (χ2n) is 5.17. The lowest BCUT2D eigenvalue weighted by molar-refractivity contribution is 0.0725. The number of hydrogen-bond donors (Lipinski definition) is 0. The van der Waals surface area contributed by atoms with Gasteiger partial charge in [-0.25, -0.2) is 0 Å². The molecule has 4 heteroatoms. The summed E-state index contributed by atoms with van der Waals surface area (Å²) in [5.41, 5.74) is 2.37. The molecule has 2 heterocycles. The summed E-state index contributed by atoms with van der Waals surface area (Å²) < 4.78 is 0. The van der Waals surface area contributed by atoms with E-state index < -0.39 is 0 Å². The van der Waals surface area contributed by atoms with Crippen LogP contribution in [-0.2, 0) is 13.1 Å². The van der Waals surface area contributed by atoms with Crippen LogP contribution in [-0.4, -0.2) is 20.8 Å². The van der Waals surface area contributed by atoms with Crippen LogP contribution in [0.3, 0.4) is 0 Å². The van der Waals surface area contributed by atoms with Gasteiger partial charge in [-0.05, 0) is 36.4 Å². The number of carbonyl (C=O) groups is 1. The molecule has 0 unspecified atom stereocenters. The first-order valence-corrected chi connectivity index (χ1v) is 7.47. The van der Waals surface area contributed by atoms with Crippen molar-refractivity contribution < 1.29 is 4.79 Å². The van der Waals surface area contributed by atoms with Crippen molar-refractivity contribution in [3.8, 4) is 0 Å². The zero-order chi connectivity index (χ0) is 15.9. The van der Waals surface area contributed by atoms with E-state index in [2.05, 4.69) is 9.97 Å². The Hall–Kier alpha value is -3.01. The van der Waals surface area contributed by atoms with E-state index in [0.29, 0.717) is 18.7 Å². The Morgan fingerprint density at radius 3 is 1.74 bits per heavy atom. The number of nitrogens with zero attached hydrogens (tertiary/aromatic N) is 3. The molecule has 0 spiro atoms. The van der Waals surface area contributed by atoms with Crippen molar-refractivity contribution in [1.29, 1.82) is 0 Å². The number of rotatable bonds is 5. The number of carbonyl (C=O) groups excluding carboxylic acids is 1. The average Bonchev–Trinajstić information content (AvgIpc) is 2.63. The van der Waals surface area contributed by atoms with Crippen LogP contribution in [0.1, 0.15) is 21.7 Å². The zero-order valence-electron chi connectivity index (χ0n) is 12.7. The SMILES string of the molecule is O=C(c1ccccc1)N(Cc1ccccn1)Cc1ccccn1. The Morgan fingerprint density at radius 2 is 1.26 bits per heavy atom. The molecule has 0 saturated heterocycles. The highest BCUT2D eigenvalue weighted by molar-refractivity contribution is 5.94. The molecular formula is C19H17N3O. The van der Waals surface area contributed by atoms with Gasteiger partial charge in [0.05, 0.1) is 24.5 Å². The topological polar surface area (TPSA) is 46.1 Å². The molecule has 0 saturated carbocycles. The molecule has 0 radical (unpaired) electrons. The fourth-order valence-electron chi connectivity index (χ4n) is 2.34. The molecule has 0 aliphatic rings. The average molecular weight is 303 g/mol. The molecule has 0 aliphatic carbocycles. The molecule has 23 heavy (non-hydrogen) atoms. The van der Waals surface area contributed by atoms with Crippen LogP contribution in [0, 0.1) is 0 Å². The minimum Gasteiger partial charge on any atom is -0.327 e. The lowest BCUT2D eigenvalue weighted by atomic mass is 10.2.